The first-order valence-electron chi connectivity index (χ1n) is 4.16. The lowest BCUT2D eigenvalue weighted by Crippen LogP contribution is -2.26. The van der Waals surface area contributed by atoms with Crippen molar-refractivity contribution in [3.05, 3.63) is 11.6 Å². The van der Waals surface area contributed by atoms with Crippen molar-refractivity contribution in [1.82, 2.24) is 14.8 Å². The molecule has 1 aromatic rings. The number of hydrogen-bond acceptors (Lipinski definition) is 2. The van der Waals surface area contributed by atoms with Crippen LogP contribution < -0.4 is 0 Å². The Morgan fingerprint density at radius 3 is 2.29 bits per heavy atom. The van der Waals surface area contributed by atoms with Gasteiger partial charge in [0, 0.05) is 5.54 Å². The summed E-state index contributed by atoms with van der Waals surface area (Å²) in [5, 5.41) is 7.05. The average Bonchev–Trinajstić information content (AvgIpc) is 2.45. The van der Waals surface area contributed by atoms with E-state index in [1.54, 1.807) is 20.8 Å². The van der Waals surface area contributed by atoms with Crippen LogP contribution in [-0.4, -0.2) is 14.8 Å². The van der Waals surface area contributed by atoms with E-state index < -0.39 is 12.0 Å². The lowest BCUT2D eigenvalue weighted by Gasteiger charge is -2.24. The van der Waals surface area contributed by atoms with E-state index in [0.29, 0.717) is 5.82 Å². The average molecular weight is 224 g/mol. The fourth-order valence-corrected chi connectivity index (χ4v) is 1.46. The smallest absolute Gasteiger partial charge is 0.297 e. The van der Waals surface area contributed by atoms with Gasteiger partial charge in [-0.2, -0.15) is 0 Å². The molecule has 0 fully saturated rings. The molecule has 6 heteroatoms. The van der Waals surface area contributed by atoms with E-state index in [9.17, 15) is 8.78 Å². The second-order valence-electron chi connectivity index (χ2n) is 3.91. The third kappa shape index (κ3) is 2.03. The summed E-state index contributed by atoms with van der Waals surface area (Å²) in [7, 11) is 0. The SMILES string of the molecule is CC(C)(C)n1c(CCl)nnc1C(F)F. The zero-order valence-electron chi connectivity index (χ0n) is 8.26. The van der Waals surface area contributed by atoms with E-state index in [1.165, 1.54) is 4.57 Å². The quantitative estimate of drug-likeness (QED) is 0.722. The zero-order chi connectivity index (χ0) is 10.9. The summed E-state index contributed by atoms with van der Waals surface area (Å²) in [6.45, 7) is 5.41. The Labute approximate surface area is 86.1 Å². The summed E-state index contributed by atoms with van der Waals surface area (Å²) < 4.78 is 26.5. The number of alkyl halides is 3. The molecule has 0 bridgehead atoms. The van der Waals surface area contributed by atoms with Crippen molar-refractivity contribution in [2.75, 3.05) is 0 Å². The summed E-state index contributed by atoms with van der Waals surface area (Å²) in [6.07, 6.45) is -2.63. The van der Waals surface area contributed by atoms with Crippen molar-refractivity contribution in [2.24, 2.45) is 0 Å². The van der Waals surface area contributed by atoms with Gasteiger partial charge in [-0.1, -0.05) is 0 Å². The van der Waals surface area contributed by atoms with Crippen LogP contribution in [0.25, 0.3) is 0 Å². The standard InChI is InChI=1S/C8H12ClF2N3/c1-8(2,3)14-5(4-9)12-13-7(14)6(10)11/h6H,4H2,1-3H3. The minimum atomic E-state index is -2.63. The first kappa shape index (κ1) is 11.4. The maximum absolute atomic E-state index is 12.5. The molecule has 0 aliphatic carbocycles. The van der Waals surface area contributed by atoms with Crippen molar-refractivity contribution < 1.29 is 8.78 Å². The van der Waals surface area contributed by atoms with Gasteiger partial charge in [-0.05, 0) is 20.8 Å². The lowest BCUT2D eigenvalue weighted by molar-refractivity contribution is 0.127. The normalized spacial score (nSPS) is 12.5. The summed E-state index contributed by atoms with van der Waals surface area (Å²) in [4.78, 5) is 0. The van der Waals surface area contributed by atoms with Crippen molar-refractivity contribution >= 4 is 11.6 Å². The summed E-state index contributed by atoms with van der Waals surface area (Å²) in [5.41, 5.74) is -0.487. The second-order valence-corrected chi connectivity index (χ2v) is 4.18. The largest absolute Gasteiger partial charge is 0.304 e. The molecule has 0 saturated carbocycles. The van der Waals surface area contributed by atoms with Gasteiger partial charge in [0.2, 0.25) is 5.82 Å². The van der Waals surface area contributed by atoms with Crippen LogP contribution in [0.3, 0.4) is 0 Å². The molecule has 3 nitrogen and oxygen atoms in total. The molecule has 0 radical (unpaired) electrons. The molecule has 0 aliphatic rings. The number of hydrogen-bond donors (Lipinski definition) is 0. The van der Waals surface area contributed by atoms with Crippen LogP contribution in [0.5, 0.6) is 0 Å². The molecule has 0 N–H and O–H groups in total. The van der Waals surface area contributed by atoms with Gasteiger partial charge in [-0.15, -0.1) is 21.8 Å². The molecule has 1 aromatic heterocycles. The Kier molecular flexibility index (Phi) is 3.09. The van der Waals surface area contributed by atoms with Crippen LogP contribution in [-0.2, 0) is 11.4 Å². The summed E-state index contributed by atoms with van der Waals surface area (Å²) >= 11 is 5.59. The zero-order valence-corrected chi connectivity index (χ0v) is 9.02. The van der Waals surface area contributed by atoms with Gasteiger partial charge in [0.05, 0.1) is 5.88 Å². The number of aromatic nitrogens is 3. The topological polar surface area (TPSA) is 30.7 Å². The summed E-state index contributed by atoms with van der Waals surface area (Å²) in [6, 6.07) is 0. The molecular weight excluding hydrogens is 212 g/mol. The van der Waals surface area contributed by atoms with Crippen LogP contribution in [0.1, 0.15) is 38.8 Å². The monoisotopic (exact) mass is 223 g/mol. The number of halogens is 3. The number of nitrogens with zero attached hydrogens (tertiary/aromatic N) is 3. The predicted molar refractivity (Wildman–Crippen MR) is 49.5 cm³/mol. The van der Waals surface area contributed by atoms with Crippen molar-refractivity contribution in [1.29, 1.82) is 0 Å². The molecule has 0 atom stereocenters. The van der Waals surface area contributed by atoms with Gasteiger partial charge in [0.1, 0.15) is 5.82 Å². The Morgan fingerprint density at radius 2 is 1.93 bits per heavy atom. The Hall–Kier alpha value is -0.710. The van der Waals surface area contributed by atoms with E-state index in [1.807, 2.05) is 0 Å². The van der Waals surface area contributed by atoms with E-state index >= 15 is 0 Å². The molecule has 0 amide bonds. The van der Waals surface area contributed by atoms with Crippen LogP contribution in [0.4, 0.5) is 8.78 Å². The summed E-state index contributed by atoms with van der Waals surface area (Å²) in [5.74, 6) is 0.124. The minimum Gasteiger partial charge on any atom is -0.304 e. The first-order chi connectivity index (χ1) is 6.38. The van der Waals surface area contributed by atoms with Gasteiger partial charge in [0.15, 0.2) is 0 Å². The third-order valence-corrected chi connectivity index (χ3v) is 1.98. The molecule has 14 heavy (non-hydrogen) atoms. The fourth-order valence-electron chi connectivity index (χ4n) is 1.29. The maximum atomic E-state index is 12.5. The predicted octanol–water partition coefficient (Wildman–Crippen LogP) is 2.71. The molecule has 0 aromatic carbocycles. The molecule has 0 unspecified atom stereocenters. The molecule has 80 valence electrons. The van der Waals surface area contributed by atoms with Crippen molar-refractivity contribution in [2.45, 2.75) is 38.6 Å². The highest BCUT2D eigenvalue weighted by molar-refractivity contribution is 6.16. The highest BCUT2D eigenvalue weighted by Crippen LogP contribution is 2.25. The van der Waals surface area contributed by atoms with Gasteiger partial charge in [0.25, 0.3) is 6.43 Å². The molecule has 0 saturated heterocycles. The van der Waals surface area contributed by atoms with Crippen LogP contribution in [0.2, 0.25) is 0 Å². The molecule has 0 spiro atoms. The van der Waals surface area contributed by atoms with E-state index in [0.717, 1.165) is 0 Å². The molecule has 1 heterocycles. The fraction of sp³-hybridized carbons (Fsp3) is 0.750. The lowest BCUT2D eigenvalue weighted by atomic mass is 10.1. The van der Waals surface area contributed by atoms with E-state index in [-0.39, 0.29) is 11.7 Å². The minimum absolute atomic E-state index is 0.0803. The molecule has 0 aliphatic heterocycles. The third-order valence-electron chi connectivity index (χ3n) is 1.74. The van der Waals surface area contributed by atoms with Gasteiger partial charge in [-0.3, -0.25) is 0 Å². The van der Waals surface area contributed by atoms with Crippen molar-refractivity contribution in [3.8, 4) is 0 Å². The van der Waals surface area contributed by atoms with Crippen LogP contribution in [0.15, 0.2) is 0 Å². The molecule has 1 rings (SSSR count). The Balaban J connectivity index is 3.27. The highest BCUT2D eigenvalue weighted by Gasteiger charge is 2.27. The van der Waals surface area contributed by atoms with Gasteiger partial charge >= 0.3 is 0 Å². The molecular formula is C8H12ClF2N3. The van der Waals surface area contributed by atoms with Gasteiger partial charge in [-0.25, -0.2) is 8.78 Å². The number of rotatable bonds is 2. The van der Waals surface area contributed by atoms with E-state index in [4.69, 9.17) is 11.6 Å². The Bertz CT molecular complexity index is 317. The maximum Gasteiger partial charge on any atom is 0.297 e. The first-order valence-corrected chi connectivity index (χ1v) is 4.70. The van der Waals surface area contributed by atoms with E-state index in [2.05, 4.69) is 10.2 Å². The van der Waals surface area contributed by atoms with Crippen LogP contribution >= 0.6 is 11.6 Å². The Morgan fingerprint density at radius 1 is 1.36 bits per heavy atom. The van der Waals surface area contributed by atoms with Crippen LogP contribution in [0, 0.1) is 0 Å². The second kappa shape index (κ2) is 3.81. The highest BCUT2D eigenvalue weighted by atomic mass is 35.5. The van der Waals surface area contributed by atoms with Crippen molar-refractivity contribution in [3.63, 3.8) is 0 Å². The van der Waals surface area contributed by atoms with Gasteiger partial charge < -0.3 is 4.57 Å².